The van der Waals surface area contributed by atoms with Gasteiger partial charge in [0, 0.05) is 39.5 Å². The molecule has 1 unspecified atom stereocenters. The lowest BCUT2D eigenvalue weighted by Gasteiger charge is -2.26. The largest absolute Gasteiger partial charge is 0.344 e. The van der Waals surface area contributed by atoms with Crippen molar-refractivity contribution in [2.45, 2.75) is 39.2 Å². The average molecular weight is 226 g/mol. The predicted octanol–water partition coefficient (Wildman–Crippen LogP) is 1.11. The van der Waals surface area contributed by atoms with Crippen molar-refractivity contribution in [3.63, 3.8) is 0 Å². The maximum Gasteiger partial charge on any atom is 0.222 e. The Morgan fingerprint density at radius 3 is 2.62 bits per heavy atom. The zero-order valence-corrected chi connectivity index (χ0v) is 10.7. The van der Waals surface area contributed by atoms with Gasteiger partial charge in [-0.15, -0.1) is 0 Å². The lowest BCUT2D eigenvalue weighted by atomic mass is 10.1. The monoisotopic (exact) mass is 226 g/mol. The van der Waals surface area contributed by atoms with Gasteiger partial charge in [0.15, 0.2) is 0 Å². The van der Waals surface area contributed by atoms with Gasteiger partial charge < -0.3 is 9.80 Å². The number of rotatable bonds is 4. The second kappa shape index (κ2) is 5.32. The van der Waals surface area contributed by atoms with E-state index in [1.54, 1.807) is 9.80 Å². The molecular formula is C12H22N2O2. The van der Waals surface area contributed by atoms with Crippen LogP contribution >= 0.6 is 0 Å². The molecule has 0 aromatic heterocycles. The molecule has 0 aromatic carbocycles. The van der Waals surface area contributed by atoms with Crippen molar-refractivity contribution in [3.05, 3.63) is 0 Å². The van der Waals surface area contributed by atoms with E-state index in [1.165, 1.54) is 0 Å². The van der Waals surface area contributed by atoms with Crippen LogP contribution in [-0.4, -0.2) is 48.3 Å². The first-order valence-corrected chi connectivity index (χ1v) is 5.91. The van der Waals surface area contributed by atoms with E-state index in [-0.39, 0.29) is 17.9 Å². The highest BCUT2D eigenvalue weighted by atomic mass is 16.2. The zero-order chi connectivity index (χ0) is 12.3. The molecule has 1 heterocycles. The highest BCUT2D eigenvalue weighted by Crippen LogP contribution is 2.17. The van der Waals surface area contributed by atoms with Crippen LogP contribution in [-0.2, 0) is 9.59 Å². The third-order valence-electron chi connectivity index (χ3n) is 3.13. The molecule has 0 saturated carbocycles. The Morgan fingerprint density at radius 2 is 2.19 bits per heavy atom. The minimum atomic E-state index is 0.169. The van der Waals surface area contributed by atoms with Crippen LogP contribution in [0.2, 0.25) is 0 Å². The lowest BCUT2D eigenvalue weighted by molar-refractivity contribution is -0.133. The van der Waals surface area contributed by atoms with E-state index in [9.17, 15) is 9.59 Å². The molecule has 1 rings (SSSR count). The van der Waals surface area contributed by atoms with Crippen molar-refractivity contribution in [2.75, 3.05) is 20.6 Å². The SMILES string of the molecule is CC(C)CC(=O)N(C)CC1CCC(=O)N1C. The van der Waals surface area contributed by atoms with Crippen LogP contribution in [0.25, 0.3) is 0 Å². The number of amides is 2. The van der Waals surface area contributed by atoms with Gasteiger partial charge >= 0.3 is 0 Å². The highest BCUT2D eigenvalue weighted by molar-refractivity contribution is 5.79. The molecule has 0 aromatic rings. The highest BCUT2D eigenvalue weighted by Gasteiger charge is 2.29. The first-order valence-electron chi connectivity index (χ1n) is 5.91. The fraction of sp³-hybridized carbons (Fsp3) is 0.833. The van der Waals surface area contributed by atoms with Crippen LogP contribution < -0.4 is 0 Å². The predicted molar refractivity (Wildman–Crippen MR) is 62.9 cm³/mol. The molecule has 1 aliphatic rings. The Balaban J connectivity index is 2.42. The molecule has 1 fully saturated rings. The first-order chi connectivity index (χ1) is 7.41. The molecule has 4 nitrogen and oxygen atoms in total. The summed E-state index contributed by atoms with van der Waals surface area (Å²) in [5.41, 5.74) is 0. The van der Waals surface area contributed by atoms with Crippen LogP contribution in [0.15, 0.2) is 0 Å². The molecule has 2 amide bonds. The molecule has 0 bridgehead atoms. The lowest BCUT2D eigenvalue weighted by Crippen LogP contribution is -2.41. The summed E-state index contributed by atoms with van der Waals surface area (Å²) in [5, 5.41) is 0. The summed E-state index contributed by atoms with van der Waals surface area (Å²) in [6, 6.07) is 0.202. The summed E-state index contributed by atoms with van der Waals surface area (Å²) in [5.74, 6) is 0.746. The molecule has 0 N–H and O–H groups in total. The van der Waals surface area contributed by atoms with E-state index in [2.05, 4.69) is 0 Å². The Labute approximate surface area is 97.6 Å². The van der Waals surface area contributed by atoms with Crippen LogP contribution in [0.4, 0.5) is 0 Å². The van der Waals surface area contributed by atoms with Crippen LogP contribution in [0.3, 0.4) is 0 Å². The van der Waals surface area contributed by atoms with Gasteiger partial charge in [0.2, 0.25) is 11.8 Å². The average Bonchev–Trinajstić information content (AvgIpc) is 2.48. The van der Waals surface area contributed by atoms with E-state index < -0.39 is 0 Å². The maximum absolute atomic E-state index is 11.8. The molecule has 4 heteroatoms. The van der Waals surface area contributed by atoms with E-state index in [1.807, 2.05) is 27.9 Å². The molecule has 0 spiro atoms. The van der Waals surface area contributed by atoms with E-state index in [0.29, 0.717) is 25.3 Å². The smallest absolute Gasteiger partial charge is 0.222 e. The summed E-state index contributed by atoms with van der Waals surface area (Å²) in [6.45, 7) is 4.74. The van der Waals surface area contributed by atoms with Crippen molar-refractivity contribution in [1.29, 1.82) is 0 Å². The summed E-state index contributed by atoms with van der Waals surface area (Å²) >= 11 is 0. The summed E-state index contributed by atoms with van der Waals surface area (Å²) in [7, 11) is 3.64. The van der Waals surface area contributed by atoms with Crippen LogP contribution in [0.5, 0.6) is 0 Å². The van der Waals surface area contributed by atoms with Gasteiger partial charge in [-0.1, -0.05) is 13.8 Å². The number of hydrogen-bond acceptors (Lipinski definition) is 2. The first kappa shape index (κ1) is 13.0. The maximum atomic E-state index is 11.8. The van der Waals surface area contributed by atoms with Crippen molar-refractivity contribution in [1.82, 2.24) is 9.80 Å². The Bertz CT molecular complexity index is 276. The Hall–Kier alpha value is -1.06. The van der Waals surface area contributed by atoms with Crippen molar-refractivity contribution in [2.24, 2.45) is 5.92 Å². The summed E-state index contributed by atoms with van der Waals surface area (Å²) < 4.78 is 0. The van der Waals surface area contributed by atoms with Crippen molar-refractivity contribution < 1.29 is 9.59 Å². The molecule has 0 radical (unpaired) electrons. The Kier molecular flexibility index (Phi) is 4.33. The Morgan fingerprint density at radius 1 is 1.56 bits per heavy atom. The molecular weight excluding hydrogens is 204 g/mol. The molecule has 1 atom stereocenters. The second-order valence-corrected chi connectivity index (χ2v) is 5.07. The van der Waals surface area contributed by atoms with Gasteiger partial charge in [-0.05, 0) is 12.3 Å². The summed E-state index contributed by atoms with van der Waals surface area (Å²) in [4.78, 5) is 26.6. The minimum Gasteiger partial charge on any atom is -0.344 e. The number of likely N-dealkylation sites (N-methyl/N-ethyl adjacent to an activating group) is 2. The van der Waals surface area contributed by atoms with Gasteiger partial charge in [0.25, 0.3) is 0 Å². The number of carbonyl (C=O) groups excluding carboxylic acids is 2. The number of carbonyl (C=O) groups is 2. The second-order valence-electron chi connectivity index (χ2n) is 5.07. The number of likely N-dealkylation sites (tertiary alicyclic amines) is 1. The molecule has 92 valence electrons. The zero-order valence-electron chi connectivity index (χ0n) is 10.7. The fourth-order valence-electron chi connectivity index (χ4n) is 2.00. The van der Waals surface area contributed by atoms with Crippen molar-refractivity contribution in [3.8, 4) is 0 Å². The van der Waals surface area contributed by atoms with Gasteiger partial charge in [-0.25, -0.2) is 0 Å². The van der Waals surface area contributed by atoms with Crippen LogP contribution in [0.1, 0.15) is 33.1 Å². The van der Waals surface area contributed by atoms with E-state index in [4.69, 9.17) is 0 Å². The molecule has 1 saturated heterocycles. The number of nitrogens with zero attached hydrogens (tertiary/aromatic N) is 2. The molecule has 0 aliphatic carbocycles. The fourth-order valence-corrected chi connectivity index (χ4v) is 2.00. The van der Waals surface area contributed by atoms with E-state index >= 15 is 0 Å². The standard InChI is InChI=1S/C12H22N2O2/c1-9(2)7-12(16)13(3)8-10-5-6-11(15)14(10)4/h9-10H,5-8H2,1-4H3. The van der Waals surface area contributed by atoms with Crippen molar-refractivity contribution >= 4 is 11.8 Å². The topological polar surface area (TPSA) is 40.6 Å². The van der Waals surface area contributed by atoms with Gasteiger partial charge in [-0.3, -0.25) is 9.59 Å². The van der Waals surface area contributed by atoms with E-state index in [0.717, 1.165) is 6.42 Å². The molecule has 16 heavy (non-hydrogen) atoms. The van der Waals surface area contributed by atoms with Gasteiger partial charge in [0.1, 0.15) is 0 Å². The normalized spacial score (nSPS) is 20.7. The minimum absolute atomic E-state index is 0.169. The third kappa shape index (κ3) is 3.22. The summed E-state index contributed by atoms with van der Waals surface area (Å²) in [6.07, 6.45) is 2.07. The third-order valence-corrected chi connectivity index (χ3v) is 3.13. The number of hydrogen-bond donors (Lipinski definition) is 0. The molecule has 1 aliphatic heterocycles. The quantitative estimate of drug-likeness (QED) is 0.720. The van der Waals surface area contributed by atoms with Crippen LogP contribution in [0, 0.1) is 5.92 Å². The van der Waals surface area contributed by atoms with Gasteiger partial charge in [0.05, 0.1) is 0 Å². The van der Waals surface area contributed by atoms with Gasteiger partial charge in [-0.2, -0.15) is 0 Å².